The fourth-order valence-electron chi connectivity index (χ4n) is 0.872. The fourth-order valence-corrected chi connectivity index (χ4v) is 1.22. The van der Waals surface area contributed by atoms with Crippen molar-refractivity contribution in [1.29, 1.82) is 0 Å². The van der Waals surface area contributed by atoms with Gasteiger partial charge in [0.05, 0.1) is 0 Å². The van der Waals surface area contributed by atoms with Crippen LogP contribution in [-0.2, 0) is 14.2 Å². The van der Waals surface area contributed by atoms with E-state index in [9.17, 15) is 0 Å². The van der Waals surface area contributed by atoms with Gasteiger partial charge in [-0.1, -0.05) is 6.92 Å². The molecular weight excluding hydrogens is 243 g/mol. The quantitative estimate of drug-likeness (QED) is 0.410. The Balaban J connectivity index is 2.78. The molecule has 0 spiro atoms. The van der Waals surface area contributed by atoms with Gasteiger partial charge in [-0.25, -0.2) is 0 Å². The van der Waals surface area contributed by atoms with Crippen molar-refractivity contribution in [2.75, 3.05) is 39.6 Å². The van der Waals surface area contributed by atoms with Crippen molar-refractivity contribution in [2.45, 2.75) is 25.0 Å². The summed E-state index contributed by atoms with van der Waals surface area (Å²) >= 11 is 1.76. The molecule has 1 unspecified atom stereocenters. The van der Waals surface area contributed by atoms with E-state index in [0.29, 0.717) is 26.4 Å². The second-order valence-corrected chi connectivity index (χ2v) is 4.19. The zero-order valence-electron chi connectivity index (χ0n) is 9.17. The molecular formula is C10H23AsO3. The van der Waals surface area contributed by atoms with Gasteiger partial charge in [0.15, 0.2) is 0 Å². The van der Waals surface area contributed by atoms with Crippen molar-refractivity contribution in [1.82, 2.24) is 0 Å². The van der Waals surface area contributed by atoms with Crippen molar-refractivity contribution in [3.63, 3.8) is 0 Å². The van der Waals surface area contributed by atoms with Gasteiger partial charge in [0, 0.05) is 0 Å². The molecule has 4 heteroatoms. The van der Waals surface area contributed by atoms with Gasteiger partial charge >= 0.3 is 88.8 Å². The number of hydrogen-bond acceptors (Lipinski definition) is 3. The summed E-state index contributed by atoms with van der Waals surface area (Å²) in [6.45, 7) is 6.58. The molecule has 0 aliphatic carbocycles. The van der Waals surface area contributed by atoms with Crippen LogP contribution in [-0.4, -0.2) is 56.5 Å². The Kier molecular flexibility index (Phi) is 13.9. The molecule has 0 fully saturated rings. The second kappa shape index (κ2) is 13.4. The molecule has 0 saturated heterocycles. The minimum absolute atomic E-state index is 0.681. The summed E-state index contributed by atoms with van der Waals surface area (Å²) in [6, 6.07) is 0. The third-order valence-electron chi connectivity index (χ3n) is 1.59. The van der Waals surface area contributed by atoms with Crippen molar-refractivity contribution < 1.29 is 14.2 Å². The first kappa shape index (κ1) is 14.4. The Morgan fingerprint density at radius 1 is 0.786 bits per heavy atom. The van der Waals surface area contributed by atoms with E-state index in [1.165, 1.54) is 11.6 Å². The van der Waals surface area contributed by atoms with Crippen LogP contribution >= 0.6 is 0 Å². The van der Waals surface area contributed by atoms with Gasteiger partial charge in [0.1, 0.15) is 0 Å². The summed E-state index contributed by atoms with van der Waals surface area (Å²) in [5.41, 5.74) is 0. The van der Waals surface area contributed by atoms with E-state index in [0.717, 1.165) is 19.6 Å². The SMILES string of the molecule is CCCOCCOCCOCCC[AsH2]. The molecule has 0 radical (unpaired) electrons. The van der Waals surface area contributed by atoms with Crippen LogP contribution in [0.5, 0.6) is 0 Å². The molecule has 0 saturated carbocycles. The molecule has 0 aromatic carbocycles. The summed E-state index contributed by atoms with van der Waals surface area (Å²) in [5, 5.41) is 1.25. The van der Waals surface area contributed by atoms with Crippen LogP contribution in [0.15, 0.2) is 0 Å². The third kappa shape index (κ3) is 12.4. The average Bonchev–Trinajstić information content (AvgIpc) is 2.21. The monoisotopic (exact) mass is 266 g/mol. The predicted octanol–water partition coefficient (Wildman–Crippen LogP) is 0.888. The normalized spacial score (nSPS) is 10.7. The molecule has 0 aliphatic rings. The van der Waals surface area contributed by atoms with Crippen LogP contribution in [0.1, 0.15) is 19.8 Å². The molecule has 0 bridgehead atoms. The van der Waals surface area contributed by atoms with Gasteiger partial charge in [-0.05, 0) is 0 Å². The van der Waals surface area contributed by atoms with E-state index in [1.807, 2.05) is 0 Å². The van der Waals surface area contributed by atoms with Crippen LogP contribution in [0.4, 0.5) is 0 Å². The minimum atomic E-state index is 0.681. The molecule has 0 amide bonds. The molecule has 0 rings (SSSR count). The Hall–Kier alpha value is 0.438. The number of ether oxygens (including phenoxy) is 3. The maximum absolute atomic E-state index is 5.35. The Morgan fingerprint density at radius 2 is 1.29 bits per heavy atom. The first-order valence-electron chi connectivity index (χ1n) is 5.35. The Labute approximate surface area is 96.0 Å². The number of rotatable bonds is 11. The summed E-state index contributed by atoms with van der Waals surface area (Å²) in [5.74, 6) is 0. The standard InChI is InChI=1S/C10H23AsO3/c1-2-5-12-7-9-14-10-8-13-6-3-4-11/h2-11H2,1H3. The summed E-state index contributed by atoms with van der Waals surface area (Å²) in [4.78, 5) is 0. The van der Waals surface area contributed by atoms with Gasteiger partial charge in [0.2, 0.25) is 0 Å². The molecule has 0 N–H and O–H groups in total. The molecule has 3 nitrogen and oxygen atoms in total. The Morgan fingerprint density at radius 3 is 1.79 bits per heavy atom. The molecule has 14 heavy (non-hydrogen) atoms. The first-order valence-corrected chi connectivity index (χ1v) is 7.06. The van der Waals surface area contributed by atoms with Gasteiger partial charge in [-0.3, -0.25) is 0 Å². The van der Waals surface area contributed by atoms with E-state index < -0.39 is 0 Å². The Bertz CT molecular complexity index is 89.4. The van der Waals surface area contributed by atoms with Gasteiger partial charge in [0.25, 0.3) is 0 Å². The van der Waals surface area contributed by atoms with Gasteiger partial charge in [-0.2, -0.15) is 0 Å². The van der Waals surface area contributed by atoms with E-state index >= 15 is 0 Å². The van der Waals surface area contributed by atoms with E-state index in [1.54, 1.807) is 16.9 Å². The van der Waals surface area contributed by atoms with Gasteiger partial charge in [-0.15, -0.1) is 0 Å². The van der Waals surface area contributed by atoms with Crippen molar-refractivity contribution in [3.05, 3.63) is 0 Å². The average molecular weight is 266 g/mol. The van der Waals surface area contributed by atoms with Gasteiger partial charge < -0.3 is 0 Å². The number of hydrogen-bond donors (Lipinski definition) is 0. The summed E-state index contributed by atoms with van der Waals surface area (Å²) < 4.78 is 15.9. The van der Waals surface area contributed by atoms with Crippen LogP contribution < -0.4 is 0 Å². The molecule has 0 aliphatic heterocycles. The fraction of sp³-hybridized carbons (Fsp3) is 1.00. The summed E-state index contributed by atoms with van der Waals surface area (Å²) in [6.07, 6.45) is 2.24. The van der Waals surface area contributed by atoms with E-state index in [4.69, 9.17) is 14.2 Å². The van der Waals surface area contributed by atoms with Crippen LogP contribution in [0.2, 0.25) is 5.21 Å². The zero-order valence-corrected chi connectivity index (χ0v) is 11.6. The van der Waals surface area contributed by atoms with Crippen LogP contribution in [0.3, 0.4) is 0 Å². The van der Waals surface area contributed by atoms with Crippen LogP contribution in [0, 0.1) is 0 Å². The van der Waals surface area contributed by atoms with Crippen molar-refractivity contribution in [2.24, 2.45) is 0 Å². The predicted molar refractivity (Wildman–Crippen MR) is 60.7 cm³/mol. The van der Waals surface area contributed by atoms with E-state index in [2.05, 4.69) is 6.92 Å². The topological polar surface area (TPSA) is 27.7 Å². The zero-order chi connectivity index (χ0) is 10.5. The third-order valence-corrected chi connectivity index (χ3v) is 2.44. The second-order valence-electron chi connectivity index (χ2n) is 2.98. The van der Waals surface area contributed by atoms with Crippen molar-refractivity contribution >= 4 is 16.9 Å². The van der Waals surface area contributed by atoms with Crippen molar-refractivity contribution in [3.8, 4) is 0 Å². The van der Waals surface area contributed by atoms with Crippen LogP contribution in [0.25, 0.3) is 0 Å². The molecule has 0 heterocycles. The molecule has 86 valence electrons. The molecule has 0 aromatic heterocycles. The van der Waals surface area contributed by atoms with E-state index in [-0.39, 0.29) is 0 Å². The summed E-state index contributed by atoms with van der Waals surface area (Å²) in [7, 11) is 0. The maximum atomic E-state index is 5.35. The molecule has 0 aromatic rings. The molecule has 1 atom stereocenters. The first-order chi connectivity index (χ1) is 6.91.